The van der Waals surface area contributed by atoms with Crippen LogP contribution in [0.3, 0.4) is 0 Å². The maximum Gasteiger partial charge on any atom is 0.202 e. The van der Waals surface area contributed by atoms with Gasteiger partial charge in [-0.1, -0.05) is 0 Å². The van der Waals surface area contributed by atoms with Gasteiger partial charge in [0.25, 0.3) is 0 Å². The van der Waals surface area contributed by atoms with Crippen molar-refractivity contribution < 1.29 is 9.47 Å². The van der Waals surface area contributed by atoms with E-state index in [1.165, 1.54) is 0 Å². The second-order valence-electron chi connectivity index (χ2n) is 4.15. The van der Waals surface area contributed by atoms with E-state index >= 15 is 0 Å². The molecule has 5 nitrogen and oxygen atoms in total. The molecule has 0 aliphatic rings. The van der Waals surface area contributed by atoms with Crippen LogP contribution in [0.5, 0.6) is 0 Å². The second-order valence-corrected chi connectivity index (χ2v) is 4.15. The molecule has 0 amide bonds. The van der Waals surface area contributed by atoms with Crippen LogP contribution in [0, 0.1) is 0 Å². The SMILES string of the molecule is CCOCCCNc1nccn1CC(C)OCC. The minimum Gasteiger partial charge on any atom is -0.382 e. The lowest BCUT2D eigenvalue weighted by Gasteiger charge is -2.15. The third-order valence-electron chi connectivity index (χ3n) is 2.57. The van der Waals surface area contributed by atoms with E-state index < -0.39 is 0 Å². The molecule has 0 aliphatic carbocycles. The second kappa shape index (κ2) is 8.94. The van der Waals surface area contributed by atoms with Crippen molar-refractivity contribution in [3.63, 3.8) is 0 Å². The van der Waals surface area contributed by atoms with Crippen LogP contribution in [-0.2, 0) is 16.0 Å². The van der Waals surface area contributed by atoms with Gasteiger partial charge < -0.3 is 19.4 Å². The minimum atomic E-state index is 0.202. The summed E-state index contributed by atoms with van der Waals surface area (Å²) in [4.78, 5) is 4.30. The Labute approximate surface area is 109 Å². The number of hydrogen-bond donors (Lipinski definition) is 1. The molecule has 1 atom stereocenters. The van der Waals surface area contributed by atoms with E-state index in [4.69, 9.17) is 9.47 Å². The molecule has 0 saturated heterocycles. The van der Waals surface area contributed by atoms with E-state index in [2.05, 4.69) is 21.8 Å². The zero-order chi connectivity index (χ0) is 13.2. The normalized spacial score (nSPS) is 12.6. The van der Waals surface area contributed by atoms with Gasteiger partial charge in [-0.05, 0) is 27.2 Å². The topological polar surface area (TPSA) is 48.3 Å². The molecule has 0 spiro atoms. The van der Waals surface area contributed by atoms with E-state index in [1.54, 1.807) is 0 Å². The van der Waals surface area contributed by atoms with Crippen molar-refractivity contribution in [2.24, 2.45) is 0 Å². The number of ether oxygens (including phenoxy) is 2. The number of anilines is 1. The number of nitrogens with zero attached hydrogens (tertiary/aromatic N) is 2. The van der Waals surface area contributed by atoms with Gasteiger partial charge in [-0.2, -0.15) is 0 Å². The van der Waals surface area contributed by atoms with Crippen molar-refractivity contribution >= 4 is 5.95 Å². The van der Waals surface area contributed by atoms with Crippen LogP contribution in [0.25, 0.3) is 0 Å². The van der Waals surface area contributed by atoms with Crippen LogP contribution in [0.1, 0.15) is 27.2 Å². The average Bonchev–Trinajstić information content (AvgIpc) is 2.77. The van der Waals surface area contributed by atoms with E-state index in [1.807, 2.05) is 26.2 Å². The molecular weight excluding hydrogens is 230 g/mol. The summed E-state index contributed by atoms with van der Waals surface area (Å²) in [5.41, 5.74) is 0. The molecule has 0 fully saturated rings. The number of aromatic nitrogens is 2. The highest BCUT2D eigenvalue weighted by atomic mass is 16.5. The Morgan fingerprint density at radius 3 is 2.94 bits per heavy atom. The average molecular weight is 255 g/mol. The fourth-order valence-corrected chi connectivity index (χ4v) is 1.76. The first-order valence-electron chi connectivity index (χ1n) is 6.72. The highest BCUT2D eigenvalue weighted by Crippen LogP contribution is 2.07. The van der Waals surface area contributed by atoms with Crippen molar-refractivity contribution in [1.29, 1.82) is 0 Å². The largest absolute Gasteiger partial charge is 0.382 e. The van der Waals surface area contributed by atoms with Gasteiger partial charge in [0.05, 0.1) is 12.6 Å². The Morgan fingerprint density at radius 2 is 2.22 bits per heavy atom. The van der Waals surface area contributed by atoms with Gasteiger partial charge in [0, 0.05) is 38.8 Å². The fourth-order valence-electron chi connectivity index (χ4n) is 1.76. The molecule has 5 heteroatoms. The summed E-state index contributed by atoms with van der Waals surface area (Å²) >= 11 is 0. The summed E-state index contributed by atoms with van der Waals surface area (Å²) in [7, 11) is 0. The zero-order valence-corrected chi connectivity index (χ0v) is 11.7. The van der Waals surface area contributed by atoms with E-state index in [0.717, 1.165) is 45.3 Å². The van der Waals surface area contributed by atoms with Gasteiger partial charge >= 0.3 is 0 Å². The van der Waals surface area contributed by atoms with Gasteiger partial charge in [-0.15, -0.1) is 0 Å². The number of rotatable bonds is 10. The van der Waals surface area contributed by atoms with E-state index in [9.17, 15) is 0 Å². The van der Waals surface area contributed by atoms with Gasteiger partial charge in [-0.25, -0.2) is 4.98 Å². The summed E-state index contributed by atoms with van der Waals surface area (Å²) in [6.07, 6.45) is 4.97. The predicted molar refractivity (Wildman–Crippen MR) is 72.9 cm³/mol. The first-order valence-corrected chi connectivity index (χ1v) is 6.72. The first-order chi connectivity index (χ1) is 8.77. The molecule has 1 aromatic rings. The van der Waals surface area contributed by atoms with Crippen LogP contribution in [0.2, 0.25) is 0 Å². The Balaban J connectivity index is 2.30. The van der Waals surface area contributed by atoms with E-state index in [0.29, 0.717) is 0 Å². The summed E-state index contributed by atoms with van der Waals surface area (Å²) in [5.74, 6) is 0.901. The summed E-state index contributed by atoms with van der Waals surface area (Å²) in [6, 6.07) is 0. The van der Waals surface area contributed by atoms with E-state index in [-0.39, 0.29) is 6.10 Å². The Kier molecular flexibility index (Phi) is 7.44. The number of nitrogens with one attached hydrogen (secondary N) is 1. The Morgan fingerprint density at radius 1 is 1.39 bits per heavy atom. The Hall–Kier alpha value is -1.07. The van der Waals surface area contributed by atoms with Crippen LogP contribution in [-0.4, -0.2) is 42.0 Å². The van der Waals surface area contributed by atoms with Crippen molar-refractivity contribution in [2.75, 3.05) is 31.7 Å². The first kappa shape index (κ1) is 15.0. The van der Waals surface area contributed by atoms with Gasteiger partial charge in [0.15, 0.2) is 0 Å². The zero-order valence-electron chi connectivity index (χ0n) is 11.7. The Bertz CT molecular complexity index is 315. The highest BCUT2D eigenvalue weighted by Gasteiger charge is 2.06. The van der Waals surface area contributed by atoms with Gasteiger partial charge in [-0.3, -0.25) is 0 Å². The predicted octanol–water partition coefficient (Wildman–Crippen LogP) is 2.15. The molecule has 104 valence electrons. The molecule has 1 aromatic heterocycles. The van der Waals surface area contributed by atoms with Crippen LogP contribution in [0.15, 0.2) is 12.4 Å². The molecule has 1 rings (SSSR count). The summed E-state index contributed by atoms with van der Waals surface area (Å²) < 4.78 is 12.9. The number of hydrogen-bond acceptors (Lipinski definition) is 4. The standard InChI is InChI=1S/C13H25N3O2/c1-4-17-10-6-7-14-13-15-8-9-16(13)11-12(3)18-5-2/h8-9,12H,4-7,10-11H2,1-3H3,(H,14,15). The third-order valence-corrected chi connectivity index (χ3v) is 2.57. The highest BCUT2D eigenvalue weighted by molar-refractivity contribution is 5.25. The quantitative estimate of drug-likeness (QED) is 0.651. The molecule has 0 saturated carbocycles. The maximum absolute atomic E-state index is 5.53. The summed E-state index contributed by atoms with van der Waals surface area (Å²) in [6.45, 7) is 10.1. The molecular formula is C13H25N3O2. The lowest BCUT2D eigenvalue weighted by molar-refractivity contribution is 0.0644. The maximum atomic E-state index is 5.53. The third kappa shape index (κ3) is 5.51. The number of imidazole rings is 1. The van der Waals surface area contributed by atoms with Crippen molar-refractivity contribution in [3.8, 4) is 0 Å². The van der Waals surface area contributed by atoms with Crippen LogP contribution in [0.4, 0.5) is 5.95 Å². The monoisotopic (exact) mass is 255 g/mol. The smallest absolute Gasteiger partial charge is 0.202 e. The molecule has 1 N–H and O–H groups in total. The van der Waals surface area contributed by atoms with Crippen molar-refractivity contribution in [3.05, 3.63) is 12.4 Å². The molecule has 18 heavy (non-hydrogen) atoms. The molecule has 0 bridgehead atoms. The van der Waals surface area contributed by atoms with Crippen molar-refractivity contribution in [1.82, 2.24) is 9.55 Å². The van der Waals surface area contributed by atoms with Gasteiger partial charge in [0.2, 0.25) is 5.95 Å². The van der Waals surface area contributed by atoms with Crippen LogP contribution >= 0.6 is 0 Å². The molecule has 0 radical (unpaired) electrons. The molecule has 0 aliphatic heterocycles. The van der Waals surface area contributed by atoms with Gasteiger partial charge in [0.1, 0.15) is 0 Å². The molecule has 0 aromatic carbocycles. The van der Waals surface area contributed by atoms with Crippen LogP contribution < -0.4 is 5.32 Å². The lowest BCUT2D eigenvalue weighted by atomic mass is 10.4. The molecule has 1 unspecified atom stereocenters. The molecule has 1 heterocycles. The minimum absolute atomic E-state index is 0.202. The lowest BCUT2D eigenvalue weighted by Crippen LogP contribution is -2.18. The van der Waals surface area contributed by atoms with Crippen molar-refractivity contribution in [2.45, 2.75) is 39.8 Å². The summed E-state index contributed by atoms with van der Waals surface area (Å²) in [5, 5.41) is 3.32. The fraction of sp³-hybridized carbons (Fsp3) is 0.769.